The van der Waals surface area contributed by atoms with Crippen molar-refractivity contribution in [1.29, 1.82) is 0 Å². The Morgan fingerprint density at radius 3 is 1.09 bits per heavy atom. The van der Waals surface area contributed by atoms with Crippen molar-refractivity contribution in [2.75, 3.05) is 0 Å². The zero-order chi connectivity index (χ0) is 18.7. The van der Waals surface area contributed by atoms with Crippen molar-refractivity contribution in [3.05, 3.63) is 35.4 Å². The van der Waals surface area contributed by atoms with Gasteiger partial charge < -0.3 is 0 Å². The molecule has 0 nitrogen and oxygen atoms in total. The molecule has 0 saturated heterocycles. The largest absolute Gasteiger partial charge is 0.417 e. The zero-order valence-corrected chi connectivity index (χ0v) is 11.2. The highest BCUT2D eigenvalue weighted by Crippen LogP contribution is 2.39. The summed E-state index contributed by atoms with van der Waals surface area (Å²) in [4.78, 5) is 0. The summed E-state index contributed by atoms with van der Waals surface area (Å²) >= 11 is 0. The second-order valence-electron chi connectivity index (χ2n) is 4.40. The van der Waals surface area contributed by atoms with E-state index in [0.29, 0.717) is 12.1 Å². The molecule has 0 heterocycles. The summed E-state index contributed by atoms with van der Waals surface area (Å²) in [5, 5.41) is 0. The summed E-state index contributed by atoms with van der Waals surface area (Å²) in [6, 6.07) is 2.64. The number of hydrogen-bond acceptors (Lipinski definition) is 0. The van der Waals surface area contributed by atoms with Crippen LogP contribution in [0.1, 0.15) is 24.5 Å². The van der Waals surface area contributed by atoms with E-state index in [-0.39, 0.29) is 6.92 Å². The SMILES string of the molecule is CC(F)(F)CC(F)(F)F.FC(F)(F)c1ccccc1C(F)(F)F. The predicted octanol–water partition coefficient (Wildman–Crippen LogP) is 6.32. The lowest BCUT2D eigenvalue weighted by molar-refractivity contribution is -0.182. The van der Waals surface area contributed by atoms with Crippen molar-refractivity contribution in [3.8, 4) is 0 Å². The highest BCUT2D eigenvalue weighted by molar-refractivity contribution is 5.31. The summed E-state index contributed by atoms with van der Waals surface area (Å²) in [6.07, 6.45) is -16.8. The first-order chi connectivity index (χ1) is 9.93. The minimum Gasteiger partial charge on any atom is -0.207 e. The van der Waals surface area contributed by atoms with Crippen LogP contribution >= 0.6 is 0 Å². The molecule has 0 bridgehead atoms. The van der Waals surface area contributed by atoms with E-state index in [1.54, 1.807) is 0 Å². The average molecular weight is 362 g/mol. The van der Waals surface area contributed by atoms with Crippen molar-refractivity contribution in [2.24, 2.45) is 0 Å². The van der Waals surface area contributed by atoms with E-state index in [0.717, 1.165) is 12.1 Å². The van der Waals surface area contributed by atoms with Gasteiger partial charge >= 0.3 is 18.5 Å². The molecule has 134 valence electrons. The van der Waals surface area contributed by atoms with Gasteiger partial charge in [0, 0.05) is 0 Å². The lowest BCUT2D eigenvalue weighted by Gasteiger charge is -2.14. The topological polar surface area (TPSA) is 0 Å². The Bertz CT molecular complexity index is 442. The van der Waals surface area contributed by atoms with Gasteiger partial charge in [-0.05, 0) is 19.1 Å². The van der Waals surface area contributed by atoms with Gasteiger partial charge in [0.15, 0.2) is 0 Å². The molecule has 0 N–H and O–H groups in total. The third-order valence-corrected chi connectivity index (χ3v) is 2.05. The molecular weight excluding hydrogens is 353 g/mol. The maximum atomic E-state index is 12.1. The van der Waals surface area contributed by atoms with Crippen LogP contribution in [0, 0.1) is 0 Å². The van der Waals surface area contributed by atoms with Crippen molar-refractivity contribution >= 4 is 0 Å². The van der Waals surface area contributed by atoms with Gasteiger partial charge in [0.05, 0.1) is 11.1 Å². The normalized spacial score (nSPS) is 13.4. The lowest BCUT2D eigenvalue weighted by atomic mass is 10.1. The lowest BCUT2D eigenvalue weighted by Crippen LogP contribution is -2.21. The molecule has 0 aliphatic rings. The van der Waals surface area contributed by atoms with Gasteiger partial charge in [0.25, 0.3) is 5.92 Å². The van der Waals surface area contributed by atoms with Gasteiger partial charge in [-0.25, -0.2) is 8.78 Å². The molecule has 1 aromatic rings. The number of benzene rings is 1. The summed E-state index contributed by atoms with van der Waals surface area (Å²) in [5.41, 5.74) is -3.32. The molecule has 0 fully saturated rings. The highest BCUT2D eigenvalue weighted by Gasteiger charge is 2.42. The number of rotatable bonds is 1. The first kappa shape index (κ1) is 21.4. The van der Waals surface area contributed by atoms with Crippen LogP contribution in [0.2, 0.25) is 0 Å². The molecule has 0 aromatic heterocycles. The number of hydrogen-bond donors (Lipinski definition) is 0. The molecule has 0 saturated carbocycles. The smallest absolute Gasteiger partial charge is 0.207 e. The van der Waals surface area contributed by atoms with Gasteiger partial charge in [-0.3, -0.25) is 0 Å². The molecule has 0 radical (unpaired) electrons. The van der Waals surface area contributed by atoms with Crippen LogP contribution in [0.5, 0.6) is 0 Å². The van der Waals surface area contributed by atoms with Crippen LogP contribution in [0.25, 0.3) is 0 Å². The Labute approximate surface area is 122 Å². The zero-order valence-electron chi connectivity index (χ0n) is 11.2. The molecule has 0 spiro atoms. The van der Waals surface area contributed by atoms with Crippen molar-refractivity contribution < 1.29 is 48.3 Å². The minimum absolute atomic E-state index is 0.237. The molecule has 0 amide bonds. The summed E-state index contributed by atoms with van der Waals surface area (Å²) in [6.45, 7) is 0.237. The van der Waals surface area contributed by atoms with E-state index in [4.69, 9.17) is 0 Å². The first-order valence-electron chi connectivity index (χ1n) is 5.61. The van der Waals surface area contributed by atoms with Crippen LogP contribution in [0.15, 0.2) is 24.3 Å². The van der Waals surface area contributed by atoms with Gasteiger partial charge in [-0.1, -0.05) is 12.1 Å². The van der Waals surface area contributed by atoms with Crippen LogP contribution < -0.4 is 0 Å². The van der Waals surface area contributed by atoms with E-state index < -0.39 is 42.0 Å². The van der Waals surface area contributed by atoms with Crippen LogP contribution in [-0.4, -0.2) is 12.1 Å². The van der Waals surface area contributed by atoms with Crippen molar-refractivity contribution in [3.63, 3.8) is 0 Å². The molecule has 1 aromatic carbocycles. The molecule has 1 rings (SSSR count). The Hall–Kier alpha value is -1.55. The third kappa shape index (κ3) is 9.24. The number of halogens is 11. The maximum absolute atomic E-state index is 12.1. The molecule has 11 heteroatoms. The second-order valence-corrected chi connectivity index (χ2v) is 4.40. The van der Waals surface area contributed by atoms with Gasteiger partial charge in [-0.15, -0.1) is 0 Å². The quantitative estimate of drug-likeness (QED) is 0.513. The Morgan fingerprint density at radius 1 is 0.652 bits per heavy atom. The van der Waals surface area contributed by atoms with Crippen LogP contribution in [0.3, 0.4) is 0 Å². The van der Waals surface area contributed by atoms with Crippen LogP contribution in [-0.2, 0) is 12.4 Å². The summed E-state index contributed by atoms with van der Waals surface area (Å²) < 4.78 is 129. The van der Waals surface area contributed by atoms with Gasteiger partial charge in [-0.2, -0.15) is 39.5 Å². The Kier molecular flexibility index (Phi) is 6.45. The fourth-order valence-corrected chi connectivity index (χ4v) is 1.33. The minimum atomic E-state index is -4.98. The molecule has 0 unspecified atom stereocenters. The van der Waals surface area contributed by atoms with E-state index in [2.05, 4.69) is 0 Å². The summed E-state index contributed by atoms with van der Waals surface area (Å²) in [7, 11) is 0. The Morgan fingerprint density at radius 2 is 0.957 bits per heavy atom. The predicted molar refractivity (Wildman–Crippen MR) is 57.7 cm³/mol. The van der Waals surface area contributed by atoms with E-state index in [1.807, 2.05) is 0 Å². The molecular formula is C12H9F11. The van der Waals surface area contributed by atoms with Gasteiger partial charge in [0.2, 0.25) is 0 Å². The van der Waals surface area contributed by atoms with Crippen molar-refractivity contribution in [2.45, 2.75) is 37.8 Å². The fourth-order valence-electron chi connectivity index (χ4n) is 1.33. The van der Waals surface area contributed by atoms with E-state index in [9.17, 15) is 48.3 Å². The number of alkyl halides is 11. The third-order valence-electron chi connectivity index (χ3n) is 2.05. The maximum Gasteiger partial charge on any atom is 0.417 e. The van der Waals surface area contributed by atoms with E-state index >= 15 is 0 Å². The van der Waals surface area contributed by atoms with Crippen molar-refractivity contribution in [1.82, 2.24) is 0 Å². The van der Waals surface area contributed by atoms with Crippen LogP contribution in [0.4, 0.5) is 48.3 Å². The average Bonchev–Trinajstić information content (AvgIpc) is 2.22. The molecule has 0 atom stereocenters. The highest BCUT2D eigenvalue weighted by atomic mass is 19.4. The second kappa shape index (κ2) is 6.91. The molecule has 0 aliphatic heterocycles. The monoisotopic (exact) mass is 362 g/mol. The van der Waals surface area contributed by atoms with Gasteiger partial charge in [0.1, 0.15) is 6.42 Å². The summed E-state index contributed by atoms with van der Waals surface area (Å²) in [5.74, 6) is -3.64. The standard InChI is InChI=1S/C8H4F6.C4H5F5/c9-7(10,11)5-3-1-2-4-6(5)8(12,13)14;1-3(5,6)2-4(7,8)9/h1-4H;2H2,1H3. The first-order valence-corrected chi connectivity index (χ1v) is 5.61. The molecule has 0 aliphatic carbocycles. The van der Waals surface area contributed by atoms with E-state index in [1.165, 1.54) is 0 Å². The fraction of sp³-hybridized carbons (Fsp3) is 0.500. The Balaban J connectivity index is 0.000000468. The molecule has 23 heavy (non-hydrogen) atoms.